The Balaban J connectivity index is 2.32. The number of carbonyl (C=O) groups is 1. The number of nitro benzene ring substituents is 1. The Morgan fingerprint density at radius 3 is 2.62 bits per heavy atom. The van der Waals surface area contributed by atoms with Crippen molar-refractivity contribution >= 4 is 45.6 Å². The maximum absolute atomic E-state index is 12.0. The molecule has 0 spiro atoms. The number of aliphatic hydroxyl groups excluding tert-OH is 1. The lowest BCUT2D eigenvalue weighted by Gasteiger charge is -2.16. The fourth-order valence-corrected chi connectivity index (χ4v) is 3.43. The summed E-state index contributed by atoms with van der Waals surface area (Å²) in [5, 5.41) is 25.8. The minimum absolute atomic E-state index is 0.0463. The van der Waals surface area contributed by atoms with E-state index in [0.717, 1.165) is 31.6 Å². The minimum atomic E-state index is -0.415. The van der Waals surface area contributed by atoms with Crippen LogP contribution in [0.2, 0.25) is 0 Å². The third kappa shape index (κ3) is 5.15. The zero-order chi connectivity index (χ0) is 19.3. The van der Waals surface area contributed by atoms with E-state index in [0.29, 0.717) is 0 Å². The van der Waals surface area contributed by atoms with Crippen molar-refractivity contribution in [1.29, 1.82) is 0 Å². The predicted molar refractivity (Wildman–Crippen MR) is 109 cm³/mol. The highest BCUT2D eigenvalue weighted by Crippen LogP contribution is 2.32. The van der Waals surface area contributed by atoms with Crippen LogP contribution in [0.5, 0.6) is 0 Å². The Kier molecular flexibility index (Phi) is 6.92. The van der Waals surface area contributed by atoms with E-state index in [1.807, 2.05) is 25.1 Å². The highest BCUT2D eigenvalue weighted by atomic mass is 127. The number of carbonyl (C=O) groups excluding carboxylic acids is 1. The maximum Gasteiger partial charge on any atom is 0.270 e. The molecule has 0 aromatic heterocycles. The molecule has 26 heavy (non-hydrogen) atoms. The summed E-state index contributed by atoms with van der Waals surface area (Å²) in [6.45, 7) is 3.86. The molecule has 0 radical (unpaired) electrons. The third-order valence-corrected chi connectivity index (χ3v) is 4.64. The van der Waals surface area contributed by atoms with Crippen molar-refractivity contribution in [2.24, 2.45) is 0 Å². The van der Waals surface area contributed by atoms with Crippen LogP contribution in [-0.2, 0) is 11.2 Å². The zero-order valence-electron chi connectivity index (χ0n) is 14.5. The zero-order valence-corrected chi connectivity index (χ0v) is 16.7. The van der Waals surface area contributed by atoms with E-state index in [2.05, 4.69) is 33.2 Å². The van der Waals surface area contributed by atoms with Gasteiger partial charge in [-0.05, 0) is 53.6 Å². The second kappa shape index (κ2) is 8.95. The topological polar surface area (TPSA) is 105 Å². The van der Waals surface area contributed by atoms with Gasteiger partial charge in [-0.25, -0.2) is 0 Å². The number of non-ortho nitro benzene ring substituents is 1. The van der Waals surface area contributed by atoms with Gasteiger partial charge in [0, 0.05) is 27.9 Å². The molecule has 0 saturated heterocycles. The summed E-state index contributed by atoms with van der Waals surface area (Å²) < 4.78 is 0.727. The summed E-state index contributed by atoms with van der Waals surface area (Å²) in [7, 11) is 0. The van der Waals surface area contributed by atoms with Crippen molar-refractivity contribution in [3.8, 4) is 0 Å². The third-order valence-electron chi connectivity index (χ3n) is 3.79. The van der Waals surface area contributed by atoms with Gasteiger partial charge in [0.2, 0.25) is 5.91 Å². The Morgan fingerprint density at radius 2 is 2.00 bits per heavy atom. The van der Waals surface area contributed by atoms with Gasteiger partial charge in [-0.1, -0.05) is 17.7 Å². The van der Waals surface area contributed by atoms with Gasteiger partial charge in [-0.3, -0.25) is 14.9 Å². The molecule has 0 heterocycles. The maximum atomic E-state index is 12.0. The first-order chi connectivity index (χ1) is 12.3. The van der Waals surface area contributed by atoms with E-state index in [9.17, 15) is 14.9 Å². The Bertz CT molecular complexity index is 816. The van der Waals surface area contributed by atoms with Crippen LogP contribution in [0.3, 0.4) is 0 Å². The average Bonchev–Trinajstić information content (AvgIpc) is 2.57. The molecular weight excluding hydrogens is 449 g/mol. The lowest BCUT2D eigenvalue weighted by Crippen LogP contribution is -2.28. The molecule has 3 N–H and O–H groups in total. The van der Waals surface area contributed by atoms with Gasteiger partial charge in [-0.15, -0.1) is 0 Å². The number of hydrogen-bond donors (Lipinski definition) is 3. The first-order valence-corrected chi connectivity index (χ1v) is 9.08. The first-order valence-electron chi connectivity index (χ1n) is 8.00. The second-order valence-electron chi connectivity index (χ2n) is 5.91. The molecule has 0 bridgehead atoms. The van der Waals surface area contributed by atoms with Crippen molar-refractivity contribution in [2.75, 3.05) is 18.5 Å². The number of anilines is 2. The van der Waals surface area contributed by atoms with Crippen LogP contribution >= 0.6 is 22.6 Å². The standard InChI is InChI=1S/C18H20IN3O4/c1-11-3-4-16(13(7-11)9-17(24)20-5-6-23)21-18-12(2)8-14(22(25)26)10-15(18)19/h3-4,7-8,10,21,23H,5-6,9H2,1-2H3,(H,20,24). The molecule has 0 atom stereocenters. The molecule has 0 aliphatic heterocycles. The lowest BCUT2D eigenvalue weighted by molar-refractivity contribution is -0.385. The van der Waals surface area contributed by atoms with E-state index >= 15 is 0 Å². The van der Waals surface area contributed by atoms with Crippen LogP contribution in [0.1, 0.15) is 16.7 Å². The van der Waals surface area contributed by atoms with E-state index in [-0.39, 0.29) is 31.2 Å². The second-order valence-corrected chi connectivity index (χ2v) is 7.07. The van der Waals surface area contributed by atoms with Crippen molar-refractivity contribution in [1.82, 2.24) is 5.32 Å². The van der Waals surface area contributed by atoms with E-state index < -0.39 is 4.92 Å². The van der Waals surface area contributed by atoms with Crippen LogP contribution < -0.4 is 10.6 Å². The molecule has 0 unspecified atom stereocenters. The molecule has 8 heteroatoms. The van der Waals surface area contributed by atoms with E-state index in [4.69, 9.17) is 5.11 Å². The summed E-state index contributed by atoms with van der Waals surface area (Å²) in [4.78, 5) is 22.6. The van der Waals surface area contributed by atoms with Gasteiger partial charge in [0.15, 0.2) is 0 Å². The number of halogens is 1. The van der Waals surface area contributed by atoms with Crippen LogP contribution in [0.25, 0.3) is 0 Å². The molecule has 138 valence electrons. The van der Waals surface area contributed by atoms with Crippen LogP contribution in [0.4, 0.5) is 17.1 Å². The number of benzene rings is 2. The molecule has 7 nitrogen and oxygen atoms in total. The first kappa shape index (κ1) is 20.1. The van der Waals surface area contributed by atoms with Crippen molar-refractivity contribution in [3.63, 3.8) is 0 Å². The number of nitro groups is 1. The molecule has 0 fully saturated rings. The summed E-state index contributed by atoms with van der Waals surface area (Å²) in [5.41, 5.74) is 4.18. The Hall–Kier alpha value is -2.20. The van der Waals surface area contributed by atoms with Gasteiger partial charge in [-0.2, -0.15) is 0 Å². The SMILES string of the molecule is Cc1ccc(Nc2c(C)cc([N+](=O)[O-])cc2I)c(CC(=O)NCCO)c1. The Labute approximate surface area is 165 Å². The van der Waals surface area contributed by atoms with Crippen LogP contribution in [-0.4, -0.2) is 29.1 Å². The summed E-state index contributed by atoms with van der Waals surface area (Å²) in [5.74, 6) is -0.178. The normalized spacial score (nSPS) is 10.5. The molecule has 1 amide bonds. The molecule has 2 aromatic carbocycles. The largest absolute Gasteiger partial charge is 0.395 e. The number of aryl methyl sites for hydroxylation is 2. The Morgan fingerprint density at radius 1 is 1.27 bits per heavy atom. The predicted octanol–water partition coefficient (Wildman–Crippen LogP) is 3.21. The van der Waals surface area contributed by atoms with Crippen LogP contribution in [0, 0.1) is 27.5 Å². The van der Waals surface area contributed by atoms with Gasteiger partial charge in [0.05, 0.1) is 23.6 Å². The number of rotatable bonds is 7. The molecule has 2 aromatic rings. The number of nitrogens with one attached hydrogen (secondary N) is 2. The summed E-state index contributed by atoms with van der Waals surface area (Å²) >= 11 is 2.06. The van der Waals surface area contributed by atoms with Gasteiger partial charge in [0.1, 0.15) is 0 Å². The highest BCUT2D eigenvalue weighted by molar-refractivity contribution is 14.1. The molecule has 2 rings (SSSR count). The molecule has 0 aliphatic carbocycles. The monoisotopic (exact) mass is 469 g/mol. The fourth-order valence-electron chi connectivity index (χ4n) is 2.55. The minimum Gasteiger partial charge on any atom is -0.395 e. The van der Waals surface area contributed by atoms with Crippen molar-refractivity contribution in [2.45, 2.75) is 20.3 Å². The number of aliphatic hydroxyl groups is 1. The average molecular weight is 469 g/mol. The van der Waals surface area contributed by atoms with Crippen LogP contribution in [0.15, 0.2) is 30.3 Å². The smallest absolute Gasteiger partial charge is 0.270 e. The van der Waals surface area contributed by atoms with E-state index in [1.165, 1.54) is 12.1 Å². The molecule has 0 aliphatic rings. The summed E-state index contributed by atoms with van der Waals surface area (Å²) in [6, 6.07) is 8.78. The fraction of sp³-hybridized carbons (Fsp3) is 0.278. The lowest BCUT2D eigenvalue weighted by atomic mass is 10.0. The quantitative estimate of drug-likeness (QED) is 0.328. The number of nitrogens with zero attached hydrogens (tertiary/aromatic N) is 1. The summed E-state index contributed by atoms with van der Waals surface area (Å²) in [6.07, 6.45) is 0.173. The van der Waals surface area contributed by atoms with Gasteiger partial charge < -0.3 is 15.7 Å². The molecular formula is C18H20IN3O4. The van der Waals surface area contributed by atoms with Gasteiger partial charge >= 0.3 is 0 Å². The van der Waals surface area contributed by atoms with E-state index in [1.54, 1.807) is 6.92 Å². The molecule has 0 saturated carbocycles. The number of amides is 1. The van der Waals surface area contributed by atoms with Crippen molar-refractivity contribution in [3.05, 3.63) is 60.7 Å². The highest BCUT2D eigenvalue weighted by Gasteiger charge is 2.15. The number of hydrogen-bond acceptors (Lipinski definition) is 5. The van der Waals surface area contributed by atoms with Crippen molar-refractivity contribution < 1.29 is 14.8 Å². The van der Waals surface area contributed by atoms with Gasteiger partial charge in [0.25, 0.3) is 5.69 Å².